The van der Waals surface area contributed by atoms with Crippen molar-refractivity contribution in [1.29, 1.82) is 0 Å². The van der Waals surface area contributed by atoms with Gasteiger partial charge in [0.05, 0.1) is 11.6 Å². The molecule has 1 aromatic carbocycles. The maximum Gasteiger partial charge on any atom is 0.256 e. The third-order valence-corrected chi connectivity index (χ3v) is 3.22. The molecule has 1 amide bonds. The lowest BCUT2D eigenvalue weighted by Crippen LogP contribution is -2.23. The number of aromatic nitrogens is 1. The zero-order chi connectivity index (χ0) is 15.4. The summed E-state index contributed by atoms with van der Waals surface area (Å²) in [4.78, 5) is 12.0. The van der Waals surface area contributed by atoms with Crippen LogP contribution in [0.25, 0.3) is 0 Å². The molecule has 0 aliphatic heterocycles. The maximum absolute atomic E-state index is 12.0. The Morgan fingerprint density at radius 3 is 2.95 bits per heavy atom. The first-order chi connectivity index (χ1) is 10.0. The highest BCUT2D eigenvalue weighted by molar-refractivity contribution is 6.35. The normalized spacial score (nSPS) is 10.6. The van der Waals surface area contributed by atoms with Crippen molar-refractivity contribution in [3.05, 3.63) is 45.3 Å². The van der Waals surface area contributed by atoms with Crippen LogP contribution >= 0.6 is 23.2 Å². The number of amides is 1. The lowest BCUT2D eigenvalue weighted by Gasteiger charge is -2.08. The van der Waals surface area contributed by atoms with Gasteiger partial charge in [-0.15, -0.1) is 0 Å². The molecule has 0 bridgehead atoms. The third-order valence-electron chi connectivity index (χ3n) is 2.72. The molecule has 0 unspecified atom stereocenters. The van der Waals surface area contributed by atoms with E-state index in [1.165, 1.54) is 25.5 Å². The number of nitrogens with zero attached hydrogens (tertiary/aromatic N) is 1. The number of carbonyl (C=O) groups is 1. The minimum absolute atomic E-state index is 0.0581. The second-order valence-electron chi connectivity index (χ2n) is 4.19. The van der Waals surface area contributed by atoms with E-state index in [1.807, 2.05) is 0 Å². The molecule has 0 saturated heterocycles. The van der Waals surface area contributed by atoms with Crippen molar-refractivity contribution in [3.8, 4) is 5.75 Å². The Bertz CT molecular complexity index is 658. The summed E-state index contributed by atoms with van der Waals surface area (Å²) in [6.45, 7) is 0.218. The molecule has 0 aliphatic rings. The first-order valence-corrected chi connectivity index (χ1v) is 6.65. The molecule has 2 aromatic rings. The van der Waals surface area contributed by atoms with Crippen LogP contribution in [0.5, 0.6) is 5.75 Å². The molecule has 0 spiro atoms. The van der Waals surface area contributed by atoms with Gasteiger partial charge in [0.15, 0.2) is 0 Å². The standard InChI is InChI=1S/C13H12Cl2N2O4/c1-20-6-11-9(5-21-17-11)13(19)16-4-7-2-8(14)3-10(15)12(7)18/h2-3,5,18H,4,6H2,1H3,(H,16,19). The highest BCUT2D eigenvalue weighted by atomic mass is 35.5. The first kappa shape index (κ1) is 15.6. The molecule has 0 atom stereocenters. The number of rotatable bonds is 5. The maximum atomic E-state index is 12.0. The highest BCUT2D eigenvalue weighted by Crippen LogP contribution is 2.31. The Morgan fingerprint density at radius 1 is 1.48 bits per heavy atom. The van der Waals surface area contributed by atoms with Crippen molar-refractivity contribution in [1.82, 2.24) is 10.5 Å². The Labute approximate surface area is 130 Å². The number of carbonyl (C=O) groups excluding carboxylic acids is 1. The molecule has 0 aliphatic carbocycles. The van der Waals surface area contributed by atoms with Crippen LogP contribution in [0.3, 0.4) is 0 Å². The minimum atomic E-state index is -0.404. The van der Waals surface area contributed by atoms with Crippen molar-refractivity contribution < 1.29 is 19.2 Å². The summed E-state index contributed by atoms with van der Waals surface area (Å²) < 4.78 is 9.66. The van der Waals surface area contributed by atoms with Crippen LogP contribution in [-0.4, -0.2) is 23.3 Å². The highest BCUT2D eigenvalue weighted by Gasteiger charge is 2.16. The van der Waals surface area contributed by atoms with Crippen LogP contribution in [0.1, 0.15) is 21.6 Å². The van der Waals surface area contributed by atoms with E-state index < -0.39 is 5.91 Å². The minimum Gasteiger partial charge on any atom is -0.506 e. The lowest BCUT2D eigenvalue weighted by molar-refractivity contribution is 0.0945. The smallest absolute Gasteiger partial charge is 0.256 e. The van der Waals surface area contributed by atoms with Gasteiger partial charge < -0.3 is 19.7 Å². The third kappa shape index (κ3) is 3.66. The van der Waals surface area contributed by atoms with E-state index in [4.69, 9.17) is 32.5 Å². The van der Waals surface area contributed by atoms with Gasteiger partial charge in [0.25, 0.3) is 5.91 Å². The molecule has 2 N–H and O–H groups in total. The van der Waals surface area contributed by atoms with Gasteiger partial charge in [0.2, 0.25) is 0 Å². The van der Waals surface area contributed by atoms with Gasteiger partial charge in [0, 0.05) is 24.2 Å². The van der Waals surface area contributed by atoms with Crippen LogP contribution in [-0.2, 0) is 17.9 Å². The molecule has 21 heavy (non-hydrogen) atoms. The molecule has 2 rings (SSSR count). The molecule has 0 fully saturated rings. The van der Waals surface area contributed by atoms with Crippen LogP contribution in [0, 0.1) is 0 Å². The van der Waals surface area contributed by atoms with E-state index in [9.17, 15) is 9.90 Å². The van der Waals surface area contributed by atoms with Crippen molar-refractivity contribution in [2.45, 2.75) is 13.2 Å². The number of hydrogen-bond acceptors (Lipinski definition) is 5. The Hall–Kier alpha value is -1.76. The van der Waals surface area contributed by atoms with Crippen molar-refractivity contribution in [2.24, 2.45) is 0 Å². The number of methoxy groups -OCH3 is 1. The SMILES string of the molecule is COCc1nocc1C(=O)NCc1cc(Cl)cc(Cl)c1O. The van der Waals surface area contributed by atoms with Crippen LogP contribution in [0.15, 0.2) is 22.9 Å². The summed E-state index contributed by atoms with van der Waals surface area (Å²) in [7, 11) is 1.49. The van der Waals surface area contributed by atoms with Gasteiger partial charge in [-0.1, -0.05) is 28.4 Å². The number of ether oxygens (including phenoxy) is 1. The topological polar surface area (TPSA) is 84.6 Å². The summed E-state index contributed by atoms with van der Waals surface area (Å²) in [5, 5.41) is 16.6. The van der Waals surface area contributed by atoms with Crippen LogP contribution in [0.4, 0.5) is 0 Å². The van der Waals surface area contributed by atoms with Gasteiger partial charge in [0.1, 0.15) is 23.3 Å². The summed E-state index contributed by atoms with van der Waals surface area (Å²) in [6, 6.07) is 2.94. The van der Waals surface area contributed by atoms with Gasteiger partial charge in [-0.05, 0) is 12.1 Å². The van der Waals surface area contributed by atoms with E-state index in [0.29, 0.717) is 16.3 Å². The Kier molecular flexibility index (Phi) is 5.06. The van der Waals surface area contributed by atoms with E-state index in [2.05, 4.69) is 10.5 Å². The van der Waals surface area contributed by atoms with E-state index >= 15 is 0 Å². The zero-order valence-electron chi connectivity index (χ0n) is 11.0. The van der Waals surface area contributed by atoms with Crippen molar-refractivity contribution in [3.63, 3.8) is 0 Å². The van der Waals surface area contributed by atoms with E-state index in [-0.39, 0.29) is 29.5 Å². The largest absolute Gasteiger partial charge is 0.506 e. The van der Waals surface area contributed by atoms with Crippen LogP contribution in [0.2, 0.25) is 10.0 Å². The number of phenols is 1. The number of benzene rings is 1. The molecule has 1 aromatic heterocycles. The van der Waals surface area contributed by atoms with Crippen molar-refractivity contribution in [2.75, 3.05) is 7.11 Å². The van der Waals surface area contributed by atoms with E-state index in [1.54, 1.807) is 0 Å². The van der Waals surface area contributed by atoms with Gasteiger partial charge >= 0.3 is 0 Å². The lowest BCUT2D eigenvalue weighted by atomic mass is 10.2. The molecule has 1 heterocycles. The Balaban J connectivity index is 2.09. The molecular formula is C13H12Cl2N2O4. The van der Waals surface area contributed by atoms with Crippen LogP contribution < -0.4 is 5.32 Å². The van der Waals surface area contributed by atoms with E-state index in [0.717, 1.165) is 0 Å². The fourth-order valence-corrected chi connectivity index (χ4v) is 2.25. The summed E-state index contributed by atoms with van der Waals surface area (Å²) in [5.74, 6) is -0.525. The predicted molar refractivity (Wildman–Crippen MR) is 76.5 cm³/mol. The number of halogens is 2. The predicted octanol–water partition coefficient (Wildman–Crippen LogP) is 2.76. The molecule has 6 nitrogen and oxygen atoms in total. The molecule has 112 valence electrons. The number of phenolic OH excluding ortho intramolecular Hbond substituents is 1. The quantitative estimate of drug-likeness (QED) is 0.880. The fourth-order valence-electron chi connectivity index (χ4n) is 1.71. The summed E-state index contributed by atoms with van der Waals surface area (Å²) in [5.41, 5.74) is 1.07. The average Bonchev–Trinajstić information content (AvgIpc) is 2.89. The monoisotopic (exact) mass is 330 g/mol. The second kappa shape index (κ2) is 6.80. The Morgan fingerprint density at radius 2 is 2.24 bits per heavy atom. The average molecular weight is 331 g/mol. The fraction of sp³-hybridized carbons (Fsp3) is 0.231. The molecule has 0 radical (unpaired) electrons. The number of aromatic hydroxyl groups is 1. The molecule has 0 saturated carbocycles. The zero-order valence-corrected chi connectivity index (χ0v) is 12.5. The van der Waals surface area contributed by atoms with Gasteiger partial charge in [-0.25, -0.2) is 0 Å². The van der Waals surface area contributed by atoms with Gasteiger partial charge in [-0.2, -0.15) is 0 Å². The van der Waals surface area contributed by atoms with Gasteiger partial charge in [-0.3, -0.25) is 4.79 Å². The second-order valence-corrected chi connectivity index (χ2v) is 5.03. The number of nitrogens with one attached hydrogen (secondary N) is 1. The summed E-state index contributed by atoms with van der Waals surface area (Å²) >= 11 is 11.7. The molecular weight excluding hydrogens is 319 g/mol. The van der Waals surface area contributed by atoms with Crippen molar-refractivity contribution >= 4 is 29.1 Å². The summed E-state index contributed by atoms with van der Waals surface area (Å²) in [6.07, 6.45) is 1.23. The first-order valence-electron chi connectivity index (χ1n) is 5.90. The number of hydrogen-bond donors (Lipinski definition) is 2. The molecule has 8 heteroatoms.